The molecule has 0 saturated heterocycles. The van der Waals surface area contributed by atoms with Crippen molar-refractivity contribution in [2.24, 2.45) is 5.73 Å². The van der Waals surface area contributed by atoms with Crippen LogP contribution in [0.1, 0.15) is 39.0 Å². The van der Waals surface area contributed by atoms with Crippen LogP contribution in [-0.4, -0.2) is 45.8 Å². The summed E-state index contributed by atoms with van der Waals surface area (Å²) < 4.78 is 0. The normalized spacial score (nSPS) is 10.9. The van der Waals surface area contributed by atoms with E-state index in [2.05, 4.69) is 22.9 Å². The molecule has 0 aliphatic rings. The van der Waals surface area contributed by atoms with Crippen LogP contribution in [-0.2, 0) is 0 Å². The molecule has 0 spiro atoms. The Morgan fingerprint density at radius 3 is 1.71 bits per heavy atom. The fraction of sp³-hybridized carbons (Fsp3) is 1.00. The van der Waals surface area contributed by atoms with Crippen LogP contribution in [0.4, 0.5) is 0 Å². The van der Waals surface area contributed by atoms with E-state index in [1.807, 2.05) is 0 Å². The highest BCUT2D eigenvalue weighted by molar-refractivity contribution is 4.54. The molecule has 0 heterocycles. The van der Waals surface area contributed by atoms with Crippen LogP contribution < -0.4 is 21.7 Å². The topological polar surface area (TPSA) is 62.1 Å². The first kappa shape index (κ1) is 16.8. The molecule has 0 aromatic carbocycles. The van der Waals surface area contributed by atoms with Gasteiger partial charge >= 0.3 is 0 Å². The van der Waals surface area contributed by atoms with E-state index in [0.29, 0.717) is 0 Å². The number of nitrogens with one attached hydrogen (secondary N) is 3. The van der Waals surface area contributed by atoms with E-state index < -0.39 is 0 Å². The number of unbranched alkanes of at least 4 members (excludes halogenated alkanes) is 2. The fourth-order valence-corrected chi connectivity index (χ4v) is 1.67. The van der Waals surface area contributed by atoms with Crippen molar-refractivity contribution in [1.82, 2.24) is 16.0 Å². The third kappa shape index (κ3) is 15.8. The Morgan fingerprint density at radius 1 is 0.647 bits per heavy atom. The van der Waals surface area contributed by atoms with Crippen molar-refractivity contribution in [1.29, 1.82) is 0 Å². The van der Waals surface area contributed by atoms with Gasteiger partial charge in [0.15, 0.2) is 0 Å². The zero-order valence-corrected chi connectivity index (χ0v) is 11.6. The van der Waals surface area contributed by atoms with Crippen molar-refractivity contribution < 1.29 is 0 Å². The lowest BCUT2D eigenvalue weighted by molar-refractivity contribution is 0.555. The van der Waals surface area contributed by atoms with Gasteiger partial charge in [-0.1, -0.05) is 13.3 Å². The molecule has 5 N–H and O–H groups in total. The van der Waals surface area contributed by atoms with E-state index in [9.17, 15) is 0 Å². The lowest BCUT2D eigenvalue weighted by Gasteiger charge is -2.06. The molecule has 4 heteroatoms. The van der Waals surface area contributed by atoms with Crippen LogP contribution in [0.15, 0.2) is 0 Å². The van der Waals surface area contributed by atoms with Crippen LogP contribution in [0.3, 0.4) is 0 Å². The third-order valence-corrected chi connectivity index (χ3v) is 2.72. The van der Waals surface area contributed by atoms with Crippen LogP contribution in [0, 0.1) is 0 Å². The van der Waals surface area contributed by atoms with Crippen LogP contribution >= 0.6 is 0 Å². The van der Waals surface area contributed by atoms with Gasteiger partial charge < -0.3 is 21.7 Å². The first-order chi connectivity index (χ1) is 8.41. The number of hydrogen-bond donors (Lipinski definition) is 4. The minimum absolute atomic E-state index is 0.830. The molecule has 0 amide bonds. The van der Waals surface area contributed by atoms with Gasteiger partial charge in [-0.2, -0.15) is 0 Å². The second-order valence-corrected chi connectivity index (χ2v) is 4.41. The first-order valence-corrected chi connectivity index (χ1v) is 7.24. The van der Waals surface area contributed by atoms with Gasteiger partial charge in [-0.3, -0.25) is 0 Å². The highest BCUT2D eigenvalue weighted by atomic mass is 14.9. The molecule has 0 aromatic heterocycles. The second kappa shape index (κ2) is 15.8. The highest BCUT2D eigenvalue weighted by Crippen LogP contribution is 1.90. The molecule has 0 fully saturated rings. The van der Waals surface area contributed by atoms with Gasteiger partial charge in [0, 0.05) is 0 Å². The molecule has 0 rings (SSSR count). The van der Waals surface area contributed by atoms with Crippen molar-refractivity contribution in [3.63, 3.8) is 0 Å². The van der Waals surface area contributed by atoms with Crippen molar-refractivity contribution in [3.05, 3.63) is 0 Å². The minimum atomic E-state index is 0.830. The molecule has 0 aliphatic heterocycles. The zero-order valence-electron chi connectivity index (χ0n) is 11.6. The molecule has 0 aliphatic carbocycles. The molecule has 0 bridgehead atoms. The maximum atomic E-state index is 5.43. The van der Waals surface area contributed by atoms with Crippen molar-refractivity contribution in [3.8, 4) is 0 Å². The summed E-state index contributed by atoms with van der Waals surface area (Å²) in [6.45, 7) is 9.70. The molecule has 0 aromatic rings. The van der Waals surface area contributed by atoms with Gasteiger partial charge in [-0.25, -0.2) is 0 Å². The largest absolute Gasteiger partial charge is 0.330 e. The summed E-state index contributed by atoms with van der Waals surface area (Å²) in [5, 5.41) is 10.2. The molecule has 17 heavy (non-hydrogen) atoms. The summed E-state index contributed by atoms with van der Waals surface area (Å²) >= 11 is 0. The molecule has 104 valence electrons. The van der Waals surface area contributed by atoms with Gasteiger partial charge in [-0.05, 0) is 71.5 Å². The third-order valence-electron chi connectivity index (χ3n) is 2.72. The van der Waals surface area contributed by atoms with E-state index in [1.54, 1.807) is 0 Å². The SMILES string of the molecule is CCNCCCNCCCNCCCCCN. The Bertz CT molecular complexity index is 117. The molecular weight excluding hydrogens is 212 g/mol. The van der Waals surface area contributed by atoms with Crippen molar-refractivity contribution in [2.45, 2.75) is 39.0 Å². The molecule has 0 radical (unpaired) electrons. The lowest BCUT2D eigenvalue weighted by atomic mass is 10.2. The second-order valence-electron chi connectivity index (χ2n) is 4.41. The molecule has 0 atom stereocenters. The van der Waals surface area contributed by atoms with Crippen LogP contribution in [0.25, 0.3) is 0 Å². The van der Waals surface area contributed by atoms with E-state index in [1.165, 1.54) is 25.7 Å². The summed E-state index contributed by atoms with van der Waals surface area (Å²) in [4.78, 5) is 0. The Morgan fingerprint density at radius 2 is 1.18 bits per heavy atom. The van der Waals surface area contributed by atoms with Gasteiger partial charge in [0.05, 0.1) is 0 Å². The van der Waals surface area contributed by atoms with Crippen molar-refractivity contribution in [2.75, 3.05) is 45.8 Å². The Balaban J connectivity index is 2.85. The highest BCUT2D eigenvalue weighted by Gasteiger charge is 1.90. The zero-order chi connectivity index (χ0) is 12.6. The summed E-state index contributed by atoms with van der Waals surface area (Å²) in [6, 6.07) is 0. The maximum Gasteiger partial charge on any atom is -0.00368 e. The lowest BCUT2D eigenvalue weighted by Crippen LogP contribution is -2.25. The predicted octanol–water partition coefficient (Wildman–Crippen LogP) is 0.684. The quantitative estimate of drug-likeness (QED) is 0.340. The first-order valence-electron chi connectivity index (χ1n) is 7.24. The summed E-state index contributed by atoms with van der Waals surface area (Å²) in [5.74, 6) is 0. The van der Waals surface area contributed by atoms with Gasteiger partial charge in [0.2, 0.25) is 0 Å². The van der Waals surface area contributed by atoms with Crippen molar-refractivity contribution >= 4 is 0 Å². The van der Waals surface area contributed by atoms with E-state index in [4.69, 9.17) is 5.73 Å². The maximum absolute atomic E-state index is 5.43. The van der Waals surface area contributed by atoms with Gasteiger partial charge in [0.1, 0.15) is 0 Å². The van der Waals surface area contributed by atoms with Gasteiger partial charge in [0.25, 0.3) is 0 Å². The summed E-state index contributed by atoms with van der Waals surface area (Å²) in [5.41, 5.74) is 5.43. The Labute approximate surface area is 107 Å². The minimum Gasteiger partial charge on any atom is -0.330 e. The molecular formula is C13H32N4. The van der Waals surface area contributed by atoms with Crippen LogP contribution in [0.2, 0.25) is 0 Å². The smallest absolute Gasteiger partial charge is 0.00368 e. The average Bonchev–Trinajstić information content (AvgIpc) is 2.35. The monoisotopic (exact) mass is 244 g/mol. The number of nitrogens with two attached hydrogens (primary N) is 1. The van der Waals surface area contributed by atoms with Gasteiger partial charge in [-0.15, -0.1) is 0 Å². The average molecular weight is 244 g/mol. The summed E-state index contributed by atoms with van der Waals surface area (Å²) in [7, 11) is 0. The Hall–Kier alpha value is -0.160. The van der Waals surface area contributed by atoms with E-state index in [0.717, 1.165) is 52.2 Å². The summed E-state index contributed by atoms with van der Waals surface area (Å²) in [6.07, 6.45) is 6.12. The molecule has 0 unspecified atom stereocenters. The Kier molecular flexibility index (Phi) is 15.7. The molecule has 4 nitrogen and oxygen atoms in total. The standard InChI is InChI=1S/C13H32N4/c1-2-15-10-6-11-17-13-7-12-16-9-5-3-4-8-14/h15-17H,2-14H2,1H3. The molecule has 0 saturated carbocycles. The van der Waals surface area contributed by atoms with Crippen LogP contribution in [0.5, 0.6) is 0 Å². The fourth-order valence-electron chi connectivity index (χ4n) is 1.67. The van der Waals surface area contributed by atoms with E-state index >= 15 is 0 Å². The predicted molar refractivity (Wildman–Crippen MR) is 76.4 cm³/mol. The number of rotatable bonds is 14. The van der Waals surface area contributed by atoms with E-state index in [-0.39, 0.29) is 0 Å². The number of hydrogen-bond acceptors (Lipinski definition) is 4.